The van der Waals surface area contributed by atoms with Gasteiger partial charge in [-0.05, 0) is 35.7 Å². The van der Waals surface area contributed by atoms with Gasteiger partial charge in [-0.2, -0.15) is 0 Å². The first kappa shape index (κ1) is 17.2. The number of aliphatic hydroxyl groups excluding tert-OH is 1. The number of benzene rings is 2. The van der Waals surface area contributed by atoms with Gasteiger partial charge in [-0.15, -0.1) is 6.58 Å². The molecular formula is C20H22O5. The smallest absolute Gasteiger partial charge is 0.165 e. The van der Waals surface area contributed by atoms with Crippen LogP contribution in [0.5, 0.6) is 23.0 Å². The number of allylic oxidation sites excluding steroid dienone is 1. The van der Waals surface area contributed by atoms with Crippen molar-refractivity contribution < 1.29 is 24.4 Å². The van der Waals surface area contributed by atoms with Crippen LogP contribution >= 0.6 is 0 Å². The monoisotopic (exact) mass is 342 g/mol. The summed E-state index contributed by atoms with van der Waals surface area (Å²) >= 11 is 0. The molecule has 0 bridgehead atoms. The van der Waals surface area contributed by atoms with Gasteiger partial charge in [-0.25, -0.2) is 0 Å². The van der Waals surface area contributed by atoms with Gasteiger partial charge < -0.3 is 24.4 Å². The Morgan fingerprint density at radius 3 is 2.56 bits per heavy atom. The highest BCUT2D eigenvalue weighted by Crippen LogP contribution is 2.51. The Bertz CT molecular complexity index is 784. The van der Waals surface area contributed by atoms with E-state index in [0.29, 0.717) is 23.7 Å². The van der Waals surface area contributed by atoms with E-state index in [2.05, 4.69) is 6.58 Å². The minimum absolute atomic E-state index is 0.0631. The van der Waals surface area contributed by atoms with Crippen molar-refractivity contribution in [1.29, 1.82) is 0 Å². The molecule has 5 heteroatoms. The minimum Gasteiger partial charge on any atom is -0.504 e. The molecule has 0 spiro atoms. The molecule has 1 heterocycles. The van der Waals surface area contributed by atoms with Crippen molar-refractivity contribution in [2.75, 3.05) is 20.8 Å². The highest BCUT2D eigenvalue weighted by Gasteiger charge is 2.37. The molecule has 0 aromatic heterocycles. The second kappa shape index (κ2) is 7.07. The van der Waals surface area contributed by atoms with Gasteiger partial charge in [0.15, 0.2) is 23.0 Å². The number of fused-ring (bicyclic) bond motifs is 1. The molecule has 2 aromatic rings. The van der Waals surface area contributed by atoms with Crippen LogP contribution in [0.25, 0.3) is 0 Å². The number of phenols is 1. The summed E-state index contributed by atoms with van der Waals surface area (Å²) in [5.74, 6) is 1.48. The van der Waals surface area contributed by atoms with Gasteiger partial charge in [-0.3, -0.25) is 0 Å². The Labute approximate surface area is 147 Å². The minimum atomic E-state index is -0.387. The zero-order valence-electron chi connectivity index (χ0n) is 14.4. The SMILES string of the molecule is C=CCc1cc(OC)c2c(c1)[C@H](CO)[C@@H](c1ccc(O)c(OC)c1)O2. The lowest BCUT2D eigenvalue weighted by Crippen LogP contribution is -2.13. The summed E-state index contributed by atoms with van der Waals surface area (Å²) < 4.78 is 16.8. The number of rotatable bonds is 6. The Morgan fingerprint density at radius 1 is 1.16 bits per heavy atom. The molecule has 2 atom stereocenters. The van der Waals surface area contributed by atoms with Crippen LogP contribution in [0.4, 0.5) is 0 Å². The lowest BCUT2D eigenvalue weighted by atomic mass is 9.90. The zero-order valence-corrected chi connectivity index (χ0v) is 14.4. The quantitative estimate of drug-likeness (QED) is 0.788. The standard InChI is InChI=1S/C20H22O5/c1-4-5-12-8-14-15(11-21)19(25-20(14)18(9-12)24-3)13-6-7-16(22)17(10-13)23-2/h4,6-10,15,19,21-22H,1,5,11H2,2-3H3/t15-,19+/m0/s1. The number of phenolic OH excluding ortho intramolecular Hbond substituents is 1. The second-order valence-corrected chi connectivity index (χ2v) is 5.97. The van der Waals surface area contributed by atoms with E-state index in [1.165, 1.54) is 7.11 Å². The summed E-state index contributed by atoms with van der Waals surface area (Å²) in [6, 6.07) is 9.02. The first-order chi connectivity index (χ1) is 12.1. The third kappa shape index (κ3) is 3.03. The lowest BCUT2D eigenvalue weighted by molar-refractivity contribution is 0.157. The number of ether oxygens (including phenoxy) is 3. The van der Waals surface area contributed by atoms with E-state index in [1.807, 2.05) is 18.2 Å². The van der Waals surface area contributed by atoms with Crippen molar-refractivity contribution in [3.05, 3.63) is 59.7 Å². The average Bonchev–Trinajstić information content (AvgIpc) is 3.00. The number of hydrogen-bond acceptors (Lipinski definition) is 5. The third-order valence-corrected chi connectivity index (χ3v) is 4.48. The maximum atomic E-state index is 9.99. The van der Waals surface area contributed by atoms with Gasteiger partial charge in [-0.1, -0.05) is 18.2 Å². The maximum absolute atomic E-state index is 9.99. The van der Waals surface area contributed by atoms with E-state index in [4.69, 9.17) is 14.2 Å². The van der Waals surface area contributed by atoms with E-state index in [0.717, 1.165) is 16.7 Å². The van der Waals surface area contributed by atoms with E-state index in [9.17, 15) is 10.2 Å². The van der Waals surface area contributed by atoms with Gasteiger partial charge in [0.05, 0.1) is 26.7 Å². The highest BCUT2D eigenvalue weighted by atomic mass is 16.5. The van der Waals surface area contributed by atoms with Crippen LogP contribution in [-0.2, 0) is 6.42 Å². The lowest BCUT2D eigenvalue weighted by Gasteiger charge is -2.18. The fraction of sp³-hybridized carbons (Fsp3) is 0.300. The number of aromatic hydroxyl groups is 1. The normalized spacial score (nSPS) is 18.4. The fourth-order valence-electron chi connectivity index (χ4n) is 3.26. The van der Waals surface area contributed by atoms with Crippen LogP contribution in [0.2, 0.25) is 0 Å². The first-order valence-corrected chi connectivity index (χ1v) is 8.09. The van der Waals surface area contributed by atoms with Gasteiger partial charge >= 0.3 is 0 Å². The van der Waals surface area contributed by atoms with Crippen molar-refractivity contribution >= 4 is 0 Å². The summed E-state index contributed by atoms with van der Waals surface area (Å²) in [7, 11) is 3.10. The van der Waals surface area contributed by atoms with E-state index in [1.54, 1.807) is 25.3 Å². The Morgan fingerprint density at radius 2 is 1.92 bits per heavy atom. The molecule has 0 amide bonds. The molecule has 2 N–H and O–H groups in total. The molecule has 1 aliphatic rings. The number of aliphatic hydroxyl groups is 1. The Kier molecular flexibility index (Phi) is 4.86. The summed E-state index contributed by atoms with van der Waals surface area (Å²) in [5, 5.41) is 19.8. The zero-order chi connectivity index (χ0) is 18.0. The van der Waals surface area contributed by atoms with Crippen molar-refractivity contribution in [3.8, 4) is 23.0 Å². The number of hydrogen-bond donors (Lipinski definition) is 2. The summed E-state index contributed by atoms with van der Waals surface area (Å²) in [6.07, 6.45) is 2.15. The summed E-state index contributed by atoms with van der Waals surface area (Å²) in [5.41, 5.74) is 2.78. The molecular weight excluding hydrogens is 320 g/mol. The van der Waals surface area contributed by atoms with Crippen LogP contribution in [0.15, 0.2) is 43.0 Å². The Balaban J connectivity index is 2.05. The molecule has 3 rings (SSSR count). The summed E-state index contributed by atoms with van der Waals surface area (Å²) in [6.45, 7) is 3.71. The van der Waals surface area contributed by atoms with Crippen LogP contribution < -0.4 is 14.2 Å². The molecule has 0 radical (unpaired) electrons. The average molecular weight is 342 g/mol. The van der Waals surface area contributed by atoms with Gasteiger partial charge in [0.25, 0.3) is 0 Å². The predicted molar refractivity (Wildman–Crippen MR) is 94.7 cm³/mol. The van der Waals surface area contributed by atoms with E-state index >= 15 is 0 Å². The van der Waals surface area contributed by atoms with E-state index < -0.39 is 0 Å². The van der Waals surface area contributed by atoms with Gasteiger partial charge in [0.2, 0.25) is 0 Å². The molecule has 1 aliphatic heterocycles. The molecule has 132 valence electrons. The fourth-order valence-corrected chi connectivity index (χ4v) is 3.26. The van der Waals surface area contributed by atoms with Crippen molar-refractivity contribution in [2.45, 2.75) is 18.4 Å². The van der Waals surface area contributed by atoms with Gasteiger partial charge in [0, 0.05) is 5.56 Å². The van der Waals surface area contributed by atoms with Crippen molar-refractivity contribution in [2.24, 2.45) is 0 Å². The molecule has 0 saturated heterocycles. The topological polar surface area (TPSA) is 68.2 Å². The first-order valence-electron chi connectivity index (χ1n) is 8.09. The molecule has 0 unspecified atom stereocenters. The van der Waals surface area contributed by atoms with Crippen LogP contribution in [0.1, 0.15) is 28.7 Å². The molecule has 25 heavy (non-hydrogen) atoms. The number of methoxy groups -OCH3 is 2. The highest BCUT2D eigenvalue weighted by molar-refractivity contribution is 5.56. The molecule has 0 aliphatic carbocycles. The third-order valence-electron chi connectivity index (χ3n) is 4.48. The molecule has 0 fully saturated rings. The van der Waals surface area contributed by atoms with Crippen LogP contribution in [-0.4, -0.2) is 31.0 Å². The molecule has 5 nitrogen and oxygen atoms in total. The van der Waals surface area contributed by atoms with Crippen molar-refractivity contribution in [3.63, 3.8) is 0 Å². The van der Waals surface area contributed by atoms with E-state index in [-0.39, 0.29) is 24.4 Å². The molecule has 2 aromatic carbocycles. The summed E-state index contributed by atoms with van der Waals surface area (Å²) in [4.78, 5) is 0. The maximum Gasteiger partial charge on any atom is 0.165 e. The second-order valence-electron chi connectivity index (χ2n) is 5.97. The predicted octanol–water partition coefficient (Wildman–Crippen LogP) is 3.35. The largest absolute Gasteiger partial charge is 0.504 e. The molecule has 0 saturated carbocycles. The van der Waals surface area contributed by atoms with Crippen LogP contribution in [0.3, 0.4) is 0 Å². The van der Waals surface area contributed by atoms with Gasteiger partial charge in [0.1, 0.15) is 6.10 Å². The van der Waals surface area contributed by atoms with Crippen molar-refractivity contribution in [1.82, 2.24) is 0 Å². The van der Waals surface area contributed by atoms with Crippen LogP contribution in [0, 0.1) is 0 Å². The Hall–Kier alpha value is -2.66.